The minimum atomic E-state index is 0.747. The second-order valence-electron chi connectivity index (χ2n) is 5.60. The average molecular weight is 278 g/mol. The van der Waals surface area contributed by atoms with Crippen LogP contribution in [0.4, 0.5) is 0 Å². The Hall–Kier alpha value is -0.510. The molecule has 1 aromatic rings. The molecule has 0 radical (unpaired) electrons. The monoisotopic (exact) mass is 278 g/mol. The van der Waals surface area contributed by atoms with Crippen molar-refractivity contribution in [3.63, 3.8) is 0 Å². The van der Waals surface area contributed by atoms with E-state index < -0.39 is 0 Å². The third kappa shape index (κ3) is 4.51. The maximum absolute atomic E-state index is 2.60. The van der Waals surface area contributed by atoms with Crippen molar-refractivity contribution in [2.24, 2.45) is 0 Å². The summed E-state index contributed by atoms with van der Waals surface area (Å²) in [5.41, 5.74) is 1.54. The van der Waals surface area contributed by atoms with Crippen molar-refractivity contribution >= 4 is 11.8 Å². The van der Waals surface area contributed by atoms with E-state index in [2.05, 4.69) is 66.8 Å². The third-order valence-corrected chi connectivity index (χ3v) is 5.00. The second-order valence-corrected chi connectivity index (χ2v) is 6.94. The van der Waals surface area contributed by atoms with Gasteiger partial charge >= 0.3 is 0 Å². The molecule has 3 heteroatoms. The fourth-order valence-corrected chi connectivity index (χ4v) is 4.00. The zero-order valence-electron chi connectivity index (χ0n) is 12.4. The second kappa shape index (κ2) is 7.32. The van der Waals surface area contributed by atoms with E-state index in [0.29, 0.717) is 0 Å². The highest BCUT2D eigenvalue weighted by atomic mass is 32.2. The molecule has 0 amide bonds. The number of thioether (sulfide) groups is 1. The van der Waals surface area contributed by atoms with E-state index in [0.717, 1.165) is 5.25 Å². The Labute approximate surface area is 122 Å². The first-order valence-electron chi connectivity index (χ1n) is 7.30. The molecule has 0 saturated carbocycles. The number of rotatable bonds is 7. The van der Waals surface area contributed by atoms with E-state index in [9.17, 15) is 0 Å². The zero-order chi connectivity index (χ0) is 13.7. The van der Waals surface area contributed by atoms with Gasteiger partial charge in [0.05, 0.1) is 0 Å². The van der Waals surface area contributed by atoms with Gasteiger partial charge in [-0.3, -0.25) is 0 Å². The van der Waals surface area contributed by atoms with Gasteiger partial charge in [0.1, 0.15) is 0 Å². The molecule has 1 unspecified atom stereocenters. The molecule has 2 nitrogen and oxygen atoms in total. The van der Waals surface area contributed by atoms with Crippen molar-refractivity contribution in [2.75, 3.05) is 40.3 Å². The largest absolute Gasteiger partial charge is 0.309 e. The van der Waals surface area contributed by atoms with Gasteiger partial charge in [-0.1, -0.05) is 25.1 Å². The molecule has 0 N–H and O–H groups in total. The Morgan fingerprint density at radius 2 is 2.00 bits per heavy atom. The van der Waals surface area contributed by atoms with Crippen LogP contribution >= 0.6 is 11.8 Å². The summed E-state index contributed by atoms with van der Waals surface area (Å²) in [5.74, 6) is 0. The SMILES string of the molecule is CCN(CCCN(C)C)CC1Cc2ccccc2S1. The van der Waals surface area contributed by atoms with Gasteiger partial charge in [0.25, 0.3) is 0 Å². The topological polar surface area (TPSA) is 6.48 Å². The molecule has 19 heavy (non-hydrogen) atoms. The number of hydrogen-bond donors (Lipinski definition) is 0. The lowest BCUT2D eigenvalue weighted by Crippen LogP contribution is -2.33. The van der Waals surface area contributed by atoms with Crippen molar-refractivity contribution < 1.29 is 0 Å². The van der Waals surface area contributed by atoms with Gasteiger partial charge in [0.2, 0.25) is 0 Å². The molecule has 1 aliphatic rings. The smallest absolute Gasteiger partial charge is 0.0263 e. The van der Waals surface area contributed by atoms with Crippen LogP contribution in [0, 0.1) is 0 Å². The first kappa shape index (κ1) is 14.9. The van der Waals surface area contributed by atoms with Crippen molar-refractivity contribution in [1.29, 1.82) is 0 Å². The van der Waals surface area contributed by atoms with Crippen LogP contribution < -0.4 is 0 Å². The number of fused-ring (bicyclic) bond motifs is 1. The Morgan fingerprint density at radius 1 is 1.21 bits per heavy atom. The minimum absolute atomic E-state index is 0.747. The molecule has 0 spiro atoms. The maximum Gasteiger partial charge on any atom is 0.0263 e. The summed E-state index contributed by atoms with van der Waals surface area (Å²) < 4.78 is 0. The first-order valence-corrected chi connectivity index (χ1v) is 8.18. The molecule has 1 aromatic carbocycles. The summed E-state index contributed by atoms with van der Waals surface area (Å²) in [6, 6.07) is 8.87. The van der Waals surface area contributed by atoms with Crippen molar-refractivity contribution in [3.8, 4) is 0 Å². The van der Waals surface area contributed by atoms with Crippen LogP contribution in [0.1, 0.15) is 18.9 Å². The van der Waals surface area contributed by atoms with E-state index in [4.69, 9.17) is 0 Å². The Kier molecular flexibility index (Phi) is 5.74. The standard InChI is InChI=1S/C16H26N2S/c1-4-18(11-7-10-17(2)3)13-15-12-14-8-5-6-9-16(14)19-15/h5-6,8-9,15H,4,7,10-13H2,1-3H3. The molecule has 106 valence electrons. The Balaban J connectivity index is 1.78. The van der Waals surface area contributed by atoms with Gasteiger partial charge in [-0.2, -0.15) is 0 Å². The highest BCUT2D eigenvalue weighted by molar-refractivity contribution is 8.00. The van der Waals surface area contributed by atoms with Gasteiger partial charge in [-0.05, 0) is 58.2 Å². The predicted octanol–water partition coefficient (Wildman–Crippen LogP) is 2.98. The van der Waals surface area contributed by atoms with Crippen LogP contribution in [0.2, 0.25) is 0 Å². The molecule has 0 fully saturated rings. The fourth-order valence-electron chi connectivity index (χ4n) is 2.63. The summed E-state index contributed by atoms with van der Waals surface area (Å²) in [5, 5.41) is 0.747. The average Bonchev–Trinajstić information content (AvgIpc) is 2.79. The first-order chi connectivity index (χ1) is 9.19. The molecular formula is C16H26N2S. The van der Waals surface area contributed by atoms with Gasteiger partial charge in [-0.25, -0.2) is 0 Å². The van der Waals surface area contributed by atoms with Crippen molar-refractivity contribution in [2.45, 2.75) is 29.9 Å². The molecular weight excluding hydrogens is 252 g/mol. The van der Waals surface area contributed by atoms with Crippen LogP contribution in [-0.4, -0.2) is 55.3 Å². The lowest BCUT2D eigenvalue weighted by Gasteiger charge is -2.24. The van der Waals surface area contributed by atoms with Crippen molar-refractivity contribution in [1.82, 2.24) is 9.80 Å². The van der Waals surface area contributed by atoms with E-state index in [-0.39, 0.29) is 0 Å². The summed E-state index contributed by atoms with van der Waals surface area (Å²) in [7, 11) is 4.31. The summed E-state index contributed by atoms with van der Waals surface area (Å²) in [6.45, 7) is 7.09. The van der Waals surface area contributed by atoms with E-state index in [1.165, 1.54) is 43.9 Å². The summed E-state index contributed by atoms with van der Waals surface area (Å²) in [4.78, 5) is 6.37. The molecule has 1 heterocycles. The maximum atomic E-state index is 2.60. The minimum Gasteiger partial charge on any atom is -0.309 e. The summed E-state index contributed by atoms with van der Waals surface area (Å²) >= 11 is 2.07. The quantitative estimate of drug-likeness (QED) is 0.757. The normalized spacial score (nSPS) is 18.3. The van der Waals surface area contributed by atoms with E-state index >= 15 is 0 Å². The van der Waals surface area contributed by atoms with Crippen LogP contribution in [0.25, 0.3) is 0 Å². The molecule has 0 aliphatic carbocycles. The van der Waals surface area contributed by atoms with E-state index in [1.807, 2.05) is 0 Å². The third-order valence-electron chi connectivity index (χ3n) is 3.70. The van der Waals surface area contributed by atoms with Gasteiger partial charge in [0.15, 0.2) is 0 Å². The van der Waals surface area contributed by atoms with Crippen LogP contribution in [0.3, 0.4) is 0 Å². The fraction of sp³-hybridized carbons (Fsp3) is 0.625. The molecule has 0 aromatic heterocycles. The van der Waals surface area contributed by atoms with Gasteiger partial charge in [0, 0.05) is 16.7 Å². The highest BCUT2D eigenvalue weighted by Crippen LogP contribution is 2.36. The predicted molar refractivity (Wildman–Crippen MR) is 85.1 cm³/mol. The van der Waals surface area contributed by atoms with Gasteiger partial charge < -0.3 is 9.80 Å². The van der Waals surface area contributed by atoms with Crippen LogP contribution in [0.5, 0.6) is 0 Å². The van der Waals surface area contributed by atoms with Crippen molar-refractivity contribution in [3.05, 3.63) is 29.8 Å². The van der Waals surface area contributed by atoms with Crippen LogP contribution in [0.15, 0.2) is 29.2 Å². The number of nitrogens with zero attached hydrogens (tertiary/aromatic N) is 2. The zero-order valence-corrected chi connectivity index (χ0v) is 13.2. The molecule has 0 saturated heterocycles. The lowest BCUT2D eigenvalue weighted by atomic mass is 10.1. The molecule has 0 bridgehead atoms. The summed E-state index contributed by atoms with van der Waals surface area (Å²) in [6.07, 6.45) is 2.51. The molecule has 1 atom stereocenters. The Bertz CT molecular complexity index is 367. The Morgan fingerprint density at radius 3 is 2.68 bits per heavy atom. The molecule has 2 rings (SSSR count). The van der Waals surface area contributed by atoms with Gasteiger partial charge in [-0.15, -0.1) is 11.8 Å². The number of benzene rings is 1. The number of hydrogen-bond acceptors (Lipinski definition) is 3. The van der Waals surface area contributed by atoms with Crippen LogP contribution in [-0.2, 0) is 6.42 Å². The lowest BCUT2D eigenvalue weighted by molar-refractivity contribution is 0.267. The highest BCUT2D eigenvalue weighted by Gasteiger charge is 2.23. The van der Waals surface area contributed by atoms with E-state index in [1.54, 1.807) is 5.56 Å². The molecule has 1 aliphatic heterocycles.